The normalized spacial score (nSPS) is 11.9. The van der Waals surface area contributed by atoms with Crippen molar-refractivity contribution in [3.05, 3.63) is 71.6 Å². The van der Waals surface area contributed by atoms with Crippen molar-refractivity contribution in [2.75, 3.05) is 17.1 Å². The number of sulfonamides is 1. The number of rotatable bonds is 7. The highest BCUT2D eigenvalue weighted by Crippen LogP contribution is 2.32. The van der Waals surface area contributed by atoms with Gasteiger partial charge in [0.05, 0.1) is 12.8 Å². The molecule has 8 nitrogen and oxygen atoms in total. The first-order valence-electron chi connectivity index (χ1n) is 10.3. The zero-order valence-electron chi connectivity index (χ0n) is 19.0. The lowest BCUT2D eigenvalue weighted by atomic mass is 9.92. The van der Waals surface area contributed by atoms with Crippen molar-refractivity contribution in [1.29, 1.82) is 0 Å². The molecule has 0 saturated heterocycles. The second-order valence-electron chi connectivity index (χ2n) is 8.46. The summed E-state index contributed by atoms with van der Waals surface area (Å²) in [7, 11) is -2.54. The van der Waals surface area contributed by atoms with E-state index in [-0.39, 0.29) is 10.5 Å². The summed E-state index contributed by atoms with van der Waals surface area (Å²) in [5, 5.41) is 9.69. The molecule has 0 amide bonds. The Morgan fingerprint density at radius 3 is 2.53 bits per heavy atom. The number of para-hydroxylation sites is 2. The molecule has 0 unspecified atom stereocenters. The van der Waals surface area contributed by atoms with Crippen LogP contribution in [0.15, 0.2) is 65.0 Å². The minimum atomic E-state index is -4.12. The molecule has 0 atom stereocenters. The molecule has 4 aromatic rings. The van der Waals surface area contributed by atoms with E-state index in [9.17, 15) is 12.8 Å². The van der Waals surface area contributed by atoms with Gasteiger partial charge in [-0.25, -0.2) is 22.5 Å². The molecule has 0 radical (unpaired) electrons. The third-order valence-corrected chi connectivity index (χ3v) is 7.13. The van der Waals surface area contributed by atoms with E-state index in [0.717, 1.165) is 23.1 Å². The predicted octanol–water partition coefficient (Wildman–Crippen LogP) is 5.32. The summed E-state index contributed by atoms with van der Waals surface area (Å²) in [5.41, 5.74) is 1.64. The fraction of sp³-hybridized carbons (Fsp3) is 0.217. The number of thiazole rings is 1. The maximum absolute atomic E-state index is 14.9. The summed E-state index contributed by atoms with van der Waals surface area (Å²) in [6, 6.07) is 13.1. The number of aromatic nitrogens is 3. The van der Waals surface area contributed by atoms with Crippen LogP contribution in [-0.2, 0) is 15.4 Å². The molecule has 0 fully saturated rings. The zero-order chi connectivity index (χ0) is 24.5. The predicted molar refractivity (Wildman–Crippen MR) is 131 cm³/mol. The Labute approximate surface area is 201 Å². The molecule has 178 valence electrons. The van der Waals surface area contributed by atoms with Gasteiger partial charge in [-0.05, 0) is 30.3 Å². The lowest BCUT2D eigenvalue weighted by molar-refractivity contribution is 0.411. The summed E-state index contributed by atoms with van der Waals surface area (Å²) in [6.07, 6.45) is 1.46. The molecule has 2 N–H and O–H groups in total. The fourth-order valence-corrected chi connectivity index (χ4v) is 5.06. The van der Waals surface area contributed by atoms with Crippen LogP contribution < -0.4 is 14.8 Å². The monoisotopic (exact) mass is 501 g/mol. The Balaban J connectivity index is 1.70. The molecule has 0 saturated carbocycles. The minimum absolute atomic E-state index is 0.164. The maximum atomic E-state index is 14.9. The first kappa shape index (κ1) is 23.7. The van der Waals surface area contributed by atoms with E-state index < -0.39 is 20.7 Å². The first-order chi connectivity index (χ1) is 16.1. The van der Waals surface area contributed by atoms with Gasteiger partial charge in [0.25, 0.3) is 10.0 Å². The van der Waals surface area contributed by atoms with Gasteiger partial charge < -0.3 is 10.1 Å². The molecule has 34 heavy (non-hydrogen) atoms. The molecule has 0 aliphatic carbocycles. The molecule has 2 heterocycles. The molecule has 11 heteroatoms. The molecule has 0 aliphatic rings. The van der Waals surface area contributed by atoms with Crippen LogP contribution in [0, 0.1) is 5.82 Å². The average molecular weight is 502 g/mol. The smallest absolute Gasteiger partial charge is 0.266 e. The van der Waals surface area contributed by atoms with Crippen LogP contribution in [-0.4, -0.2) is 30.3 Å². The summed E-state index contributed by atoms with van der Waals surface area (Å²) >= 11 is 1.11. The SMILES string of the molecule is COc1ccccc1-n1nc(C(C)(C)C)cc1Nc1ccc(S(=O)(=O)Nc2nccs2)c(F)c1. The number of methoxy groups -OCH3 is 1. The topological polar surface area (TPSA) is 98.1 Å². The van der Waals surface area contributed by atoms with E-state index in [1.165, 1.54) is 18.3 Å². The quantitative estimate of drug-likeness (QED) is 0.356. The van der Waals surface area contributed by atoms with Gasteiger partial charge in [0, 0.05) is 28.7 Å². The summed E-state index contributed by atoms with van der Waals surface area (Å²) in [4.78, 5) is 3.41. The highest BCUT2D eigenvalue weighted by molar-refractivity contribution is 7.93. The van der Waals surface area contributed by atoms with E-state index in [1.807, 2.05) is 51.1 Å². The Morgan fingerprint density at radius 1 is 1.12 bits per heavy atom. The lowest BCUT2D eigenvalue weighted by Crippen LogP contribution is -2.14. The average Bonchev–Trinajstić information content (AvgIpc) is 3.43. The van der Waals surface area contributed by atoms with Gasteiger partial charge in [-0.1, -0.05) is 32.9 Å². The van der Waals surface area contributed by atoms with Gasteiger partial charge in [0.15, 0.2) is 5.13 Å². The van der Waals surface area contributed by atoms with E-state index in [1.54, 1.807) is 17.2 Å². The number of hydrogen-bond acceptors (Lipinski definition) is 7. The molecule has 0 bridgehead atoms. The molecule has 2 aromatic carbocycles. The van der Waals surface area contributed by atoms with Crippen LogP contribution >= 0.6 is 11.3 Å². The maximum Gasteiger partial charge on any atom is 0.266 e. The van der Waals surface area contributed by atoms with E-state index >= 15 is 0 Å². The number of benzene rings is 2. The summed E-state index contributed by atoms with van der Waals surface area (Å²) < 4.78 is 49.5. The zero-order valence-corrected chi connectivity index (χ0v) is 20.7. The molecular formula is C23H24FN5O3S2. The van der Waals surface area contributed by atoms with Crippen molar-refractivity contribution in [3.63, 3.8) is 0 Å². The van der Waals surface area contributed by atoms with Crippen molar-refractivity contribution in [2.24, 2.45) is 0 Å². The fourth-order valence-electron chi connectivity index (χ4n) is 3.21. The van der Waals surface area contributed by atoms with Crippen molar-refractivity contribution >= 4 is 38.0 Å². The van der Waals surface area contributed by atoms with E-state index in [4.69, 9.17) is 9.84 Å². The number of anilines is 3. The third-order valence-electron chi connectivity index (χ3n) is 4.94. The van der Waals surface area contributed by atoms with Gasteiger partial charge in [0.1, 0.15) is 28.0 Å². The number of ether oxygens (including phenoxy) is 1. The van der Waals surface area contributed by atoms with Gasteiger partial charge in [0.2, 0.25) is 0 Å². The van der Waals surface area contributed by atoms with Crippen LogP contribution in [0.1, 0.15) is 26.5 Å². The first-order valence-corrected chi connectivity index (χ1v) is 12.7. The number of nitrogens with one attached hydrogen (secondary N) is 2. The largest absolute Gasteiger partial charge is 0.494 e. The third kappa shape index (κ3) is 4.90. The van der Waals surface area contributed by atoms with Crippen molar-refractivity contribution in [1.82, 2.24) is 14.8 Å². The van der Waals surface area contributed by atoms with E-state index in [2.05, 4.69) is 15.0 Å². The highest BCUT2D eigenvalue weighted by Gasteiger charge is 2.23. The molecule has 0 spiro atoms. The highest BCUT2D eigenvalue weighted by atomic mass is 32.2. The van der Waals surface area contributed by atoms with E-state index in [0.29, 0.717) is 22.9 Å². The molecule has 0 aliphatic heterocycles. The Kier molecular flexibility index (Phi) is 6.32. The van der Waals surface area contributed by atoms with Gasteiger partial charge in [-0.2, -0.15) is 5.10 Å². The van der Waals surface area contributed by atoms with Gasteiger partial charge in [-0.15, -0.1) is 11.3 Å². The lowest BCUT2D eigenvalue weighted by Gasteiger charge is -2.14. The number of hydrogen-bond donors (Lipinski definition) is 2. The van der Waals surface area contributed by atoms with Crippen LogP contribution in [0.25, 0.3) is 5.69 Å². The van der Waals surface area contributed by atoms with Crippen LogP contribution in [0.5, 0.6) is 5.75 Å². The van der Waals surface area contributed by atoms with Crippen LogP contribution in [0.2, 0.25) is 0 Å². The number of halogens is 1. The van der Waals surface area contributed by atoms with Crippen LogP contribution in [0.3, 0.4) is 0 Å². The second-order valence-corrected chi connectivity index (χ2v) is 11.0. The second kappa shape index (κ2) is 9.07. The van der Waals surface area contributed by atoms with Crippen LogP contribution in [0.4, 0.5) is 21.0 Å². The van der Waals surface area contributed by atoms with Crippen molar-refractivity contribution < 1.29 is 17.5 Å². The van der Waals surface area contributed by atoms with Gasteiger partial charge >= 0.3 is 0 Å². The number of nitrogens with zero attached hydrogens (tertiary/aromatic N) is 3. The summed E-state index contributed by atoms with van der Waals surface area (Å²) in [6.45, 7) is 6.13. The standard InChI is InChI=1S/C23H24FN5O3S2/c1-23(2,3)20-14-21(29(27-20)17-7-5-6-8-18(17)32-4)26-15-9-10-19(16(24)13-15)34(30,31)28-22-25-11-12-33-22/h5-14,26H,1-4H3,(H,25,28). The molecule has 4 rings (SSSR count). The van der Waals surface area contributed by atoms with Crippen molar-refractivity contribution in [2.45, 2.75) is 31.1 Å². The van der Waals surface area contributed by atoms with Crippen molar-refractivity contribution in [3.8, 4) is 11.4 Å². The Bertz CT molecular complexity index is 1410. The summed E-state index contributed by atoms with van der Waals surface area (Å²) in [5.74, 6) is 0.300. The Hall–Kier alpha value is -3.44. The minimum Gasteiger partial charge on any atom is -0.494 e. The Morgan fingerprint density at radius 2 is 1.88 bits per heavy atom. The molecule has 2 aromatic heterocycles. The molecular weight excluding hydrogens is 477 g/mol. The van der Waals surface area contributed by atoms with Gasteiger partial charge in [-0.3, -0.25) is 4.72 Å².